The summed E-state index contributed by atoms with van der Waals surface area (Å²) >= 11 is 3.08. The molecule has 2 atom stereocenters. The minimum Gasteiger partial charge on any atom is -0.337 e. The maximum Gasteiger partial charge on any atom is 0.259 e. The van der Waals surface area contributed by atoms with Crippen molar-refractivity contribution < 1.29 is 4.79 Å². The van der Waals surface area contributed by atoms with Crippen molar-refractivity contribution >= 4 is 39.2 Å². The number of aromatic nitrogens is 2. The maximum absolute atomic E-state index is 12.6. The van der Waals surface area contributed by atoms with Crippen LogP contribution in [0.15, 0.2) is 4.79 Å². The molecule has 1 aliphatic heterocycles. The highest BCUT2D eigenvalue weighted by atomic mass is 32.2. The molecular weight excluding hydrogens is 354 g/mol. The molecule has 1 amide bonds. The third-order valence-electron chi connectivity index (χ3n) is 5.03. The van der Waals surface area contributed by atoms with Crippen LogP contribution >= 0.6 is 23.1 Å². The van der Waals surface area contributed by atoms with Gasteiger partial charge < -0.3 is 9.88 Å². The van der Waals surface area contributed by atoms with Crippen LogP contribution in [0.1, 0.15) is 49.4 Å². The predicted octanol–water partition coefficient (Wildman–Crippen LogP) is 3.62. The fraction of sp³-hybridized carbons (Fsp3) is 0.611. The summed E-state index contributed by atoms with van der Waals surface area (Å²) in [5.74, 6) is 1.81. The summed E-state index contributed by atoms with van der Waals surface area (Å²) in [6.45, 7) is 8.23. The molecule has 5 nitrogen and oxygen atoms in total. The number of carbonyl (C=O) groups is 1. The van der Waals surface area contributed by atoms with E-state index in [0.717, 1.165) is 28.1 Å². The first-order valence-corrected chi connectivity index (χ1v) is 10.7. The molecule has 3 rings (SSSR count). The number of fused-ring (bicyclic) bond motifs is 1. The minimum atomic E-state index is -0.0768. The second-order valence-corrected chi connectivity index (χ2v) is 9.09. The summed E-state index contributed by atoms with van der Waals surface area (Å²) in [5.41, 5.74) is 0.934. The standard InChI is InChI=1S/C18H25N3O2S2/c1-10-6-5-7-11(2)21(10)15(22)9-24-8-14-19-17(23)16-12(3)13(4)25-18(16)20-14/h10-11H,5-9H2,1-4H3,(H,19,20,23)/t10-,11-/m0/s1. The molecule has 2 aromatic rings. The van der Waals surface area contributed by atoms with Crippen LogP contribution in [0.4, 0.5) is 0 Å². The van der Waals surface area contributed by atoms with Gasteiger partial charge in [0.25, 0.3) is 5.56 Å². The van der Waals surface area contributed by atoms with E-state index in [1.54, 1.807) is 11.3 Å². The van der Waals surface area contributed by atoms with Gasteiger partial charge in [0.1, 0.15) is 10.7 Å². The second-order valence-electron chi connectivity index (χ2n) is 6.90. The van der Waals surface area contributed by atoms with E-state index in [9.17, 15) is 9.59 Å². The van der Waals surface area contributed by atoms with Crippen LogP contribution in [0.5, 0.6) is 0 Å². The lowest BCUT2D eigenvalue weighted by molar-refractivity contribution is -0.134. The van der Waals surface area contributed by atoms with Crippen LogP contribution in [0.2, 0.25) is 0 Å². The lowest BCUT2D eigenvalue weighted by Crippen LogP contribution is -2.48. The van der Waals surface area contributed by atoms with Gasteiger partial charge in [-0.1, -0.05) is 0 Å². The fourth-order valence-electron chi connectivity index (χ4n) is 3.59. The molecule has 0 spiro atoms. The quantitative estimate of drug-likeness (QED) is 0.881. The zero-order valence-corrected chi connectivity index (χ0v) is 16.9. The molecule has 0 radical (unpaired) electrons. The van der Waals surface area contributed by atoms with Crippen molar-refractivity contribution in [3.05, 3.63) is 26.6 Å². The molecule has 25 heavy (non-hydrogen) atoms. The monoisotopic (exact) mass is 379 g/mol. The lowest BCUT2D eigenvalue weighted by atomic mass is 9.98. The van der Waals surface area contributed by atoms with Gasteiger partial charge in [0.15, 0.2) is 0 Å². The molecule has 2 aromatic heterocycles. The van der Waals surface area contributed by atoms with Gasteiger partial charge >= 0.3 is 0 Å². The van der Waals surface area contributed by atoms with Crippen molar-refractivity contribution in [2.24, 2.45) is 0 Å². The average molecular weight is 380 g/mol. The number of carbonyl (C=O) groups excluding carboxylic acids is 1. The topological polar surface area (TPSA) is 66.1 Å². The van der Waals surface area contributed by atoms with Gasteiger partial charge in [0.05, 0.1) is 16.9 Å². The summed E-state index contributed by atoms with van der Waals surface area (Å²) in [5, 5.41) is 0.697. The number of amides is 1. The number of piperidine rings is 1. The molecule has 1 N–H and O–H groups in total. The Morgan fingerprint density at radius 1 is 1.32 bits per heavy atom. The number of aromatic amines is 1. The number of nitrogens with one attached hydrogen (secondary N) is 1. The van der Waals surface area contributed by atoms with Gasteiger partial charge in [-0.25, -0.2) is 4.98 Å². The Hall–Kier alpha value is -1.34. The van der Waals surface area contributed by atoms with E-state index in [1.807, 2.05) is 18.7 Å². The Labute approximate surface area is 156 Å². The molecular formula is C18H25N3O2S2. The highest BCUT2D eigenvalue weighted by molar-refractivity contribution is 7.99. The molecule has 7 heteroatoms. The van der Waals surface area contributed by atoms with Crippen molar-refractivity contribution in [1.82, 2.24) is 14.9 Å². The Kier molecular flexibility index (Phi) is 5.53. The third-order valence-corrected chi connectivity index (χ3v) is 7.06. The van der Waals surface area contributed by atoms with Gasteiger partial charge in [-0.15, -0.1) is 23.1 Å². The van der Waals surface area contributed by atoms with Gasteiger partial charge in [-0.05, 0) is 52.5 Å². The van der Waals surface area contributed by atoms with E-state index in [4.69, 9.17) is 0 Å². The number of hydrogen-bond acceptors (Lipinski definition) is 5. The van der Waals surface area contributed by atoms with E-state index in [-0.39, 0.29) is 11.5 Å². The number of H-pyrrole nitrogens is 1. The normalized spacial score (nSPS) is 21.0. The molecule has 1 saturated heterocycles. The molecule has 1 fully saturated rings. The van der Waals surface area contributed by atoms with Crippen LogP contribution in [0.3, 0.4) is 0 Å². The summed E-state index contributed by atoms with van der Waals surface area (Å²) in [6.07, 6.45) is 3.37. The van der Waals surface area contributed by atoms with Gasteiger partial charge in [0, 0.05) is 17.0 Å². The molecule has 0 aromatic carbocycles. The second kappa shape index (κ2) is 7.50. The van der Waals surface area contributed by atoms with E-state index in [0.29, 0.717) is 34.8 Å². The highest BCUT2D eigenvalue weighted by Crippen LogP contribution is 2.27. The van der Waals surface area contributed by atoms with E-state index in [2.05, 4.69) is 23.8 Å². The number of likely N-dealkylation sites (tertiary alicyclic amines) is 1. The molecule has 0 unspecified atom stereocenters. The Bertz CT molecular complexity index is 833. The zero-order valence-electron chi connectivity index (χ0n) is 15.2. The van der Waals surface area contributed by atoms with Crippen LogP contribution in [0.25, 0.3) is 10.2 Å². The summed E-state index contributed by atoms with van der Waals surface area (Å²) in [6, 6.07) is 0.645. The van der Waals surface area contributed by atoms with Crippen LogP contribution in [-0.2, 0) is 10.5 Å². The Morgan fingerprint density at radius 3 is 2.68 bits per heavy atom. The molecule has 1 aliphatic rings. The van der Waals surface area contributed by atoms with Crippen molar-refractivity contribution in [2.75, 3.05) is 5.75 Å². The SMILES string of the molecule is Cc1sc2nc(CSCC(=O)N3[C@@H](C)CCC[C@@H]3C)[nH]c(=O)c2c1C. The van der Waals surface area contributed by atoms with Crippen LogP contribution < -0.4 is 5.56 Å². The smallest absolute Gasteiger partial charge is 0.259 e. The van der Waals surface area contributed by atoms with Gasteiger partial charge in [-0.3, -0.25) is 9.59 Å². The van der Waals surface area contributed by atoms with E-state index >= 15 is 0 Å². The Morgan fingerprint density at radius 2 is 2.00 bits per heavy atom. The molecule has 0 bridgehead atoms. The predicted molar refractivity (Wildman–Crippen MR) is 105 cm³/mol. The van der Waals surface area contributed by atoms with Crippen LogP contribution in [0, 0.1) is 13.8 Å². The summed E-state index contributed by atoms with van der Waals surface area (Å²) < 4.78 is 0. The average Bonchev–Trinajstić information content (AvgIpc) is 2.82. The third kappa shape index (κ3) is 3.77. The highest BCUT2D eigenvalue weighted by Gasteiger charge is 2.28. The first-order valence-electron chi connectivity index (χ1n) is 8.76. The molecule has 0 saturated carbocycles. The van der Waals surface area contributed by atoms with Crippen molar-refractivity contribution in [2.45, 2.75) is 64.8 Å². The number of hydrogen-bond donors (Lipinski definition) is 1. The first-order chi connectivity index (χ1) is 11.9. The lowest BCUT2D eigenvalue weighted by Gasteiger charge is -2.39. The minimum absolute atomic E-state index is 0.0768. The van der Waals surface area contributed by atoms with Crippen LogP contribution in [-0.4, -0.2) is 38.6 Å². The largest absolute Gasteiger partial charge is 0.337 e. The Balaban J connectivity index is 1.65. The van der Waals surface area contributed by atoms with E-state index in [1.165, 1.54) is 18.2 Å². The van der Waals surface area contributed by atoms with Crippen molar-refractivity contribution in [1.29, 1.82) is 0 Å². The number of thioether (sulfide) groups is 1. The number of thiophene rings is 1. The molecule has 0 aliphatic carbocycles. The van der Waals surface area contributed by atoms with Crippen molar-refractivity contribution in [3.8, 4) is 0 Å². The summed E-state index contributed by atoms with van der Waals surface area (Å²) in [7, 11) is 0. The summed E-state index contributed by atoms with van der Waals surface area (Å²) in [4.78, 5) is 36.2. The fourth-order valence-corrected chi connectivity index (χ4v) is 5.39. The number of aryl methyl sites for hydroxylation is 2. The molecule has 136 valence electrons. The van der Waals surface area contributed by atoms with E-state index < -0.39 is 0 Å². The van der Waals surface area contributed by atoms with Gasteiger partial charge in [-0.2, -0.15) is 0 Å². The van der Waals surface area contributed by atoms with Crippen molar-refractivity contribution in [3.63, 3.8) is 0 Å². The number of rotatable bonds is 4. The molecule has 3 heterocycles. The maximum atomic E-state index is 12.6. The number of nitrogens with zero attached hydrogens (tertiary/aromatic N) is 2. The first kappa shape index (κ1) is 18.5. The van der Waals surface area contributed by atoms with Gasteiger partial charge in [0.2, 0.25) is 5.91 Å². The zero-order chi connectivity index (χ0) is 18.1.